The zero-order valence-corrected chi connectivity index (χ0v) is 22.9. The number of methoxy groups -OCH3 is 1. The number of benzene rings is 1. The SMILES string of the molecule is COc1ccc(C2CCOCC2)cc1C(Cc1cc(OCCc2ccc3c(n2)NCCC3)n(C)n1)CC(O)O. The highest BCUT2D eigenvalue weighted by molar-refractivity contribution is 5.47. The van der Waals surface area contributed by atoms with Gasteiger partial charge in [0.05, 0.1) is 19.4 Å². The van der Waals surface area contributed by atoms with Crippen LogP contribution in [0.1, 0.15) is 65.6 Å². The second-order valence-corrected chi connectivity index (χ2v) is 10.5. The topological polar surface area (TPSA) is 111 Å². The zero-order chi connectivity index (χ0) is 27.2. The highest BCUT2D eigenvalue weighted by Crippen LogP contribution is 2.37. The minimum Gasteiger partial charge on any atom is -0.496 e. The van der Waals surface area contributed by atoms with Gasteiger partial charge >= 0.3 is 0 Å². The number of fused-ring (bicyclic) bond motifs is 1. The lowest BCUT2D eigenvalue weighted by Gasteiger charge is -2.25. The van der Waals surface area contributed by atoms with Crippen molar-refractivity contribution in [3.63, 3.8) is 0 Å². The van der Waals surface area contributed by atoms with E-state index in [2.05, 4.69) is 34.7 Å². The number of rotatable bonds is 11. The van der Waals surface area contributed by atoms with E-state index in [4.69, 9.17) is 19.2 Å². The molecule has 2 aliphatic heterocycles. The molecule has 1 unspecified atom stereocenters. The predicted molar refractivity (Wildman–Crippen MR) is 149 cm³/mol. The van der Waals surface area contributed by atoms with Crippen LogP contribution in [0.5, 0.6) is 11.6 Å². The maximum absolute atomic E-state index is 9.94. The Morgan fingerprint density at radius 3 is 2.77 bits per heavy atom. The Balaban J connectivity index is 1.28. The lowest BCUT2D eigenvalue weighted by Crippen LogP contribution is -2.17. The van der Waals surface area contributed by atoms with E-state index in [1.807, 2.05) is 19.2 Å². The number of nitrogens with zero attached hydrogens (tertiary/aromatic N) is 3. The number of aliphatic hydroxyl groups is 2. The number of aromatic nitrogens is 3. The molecule has 1 atom stereocenters. The van der Waals surface area contributed by atoms with Crippen molar-refractivity contribution in [2.45, 2.75) is 63.1 Å². The van der Waals surface area contributed by atoms with Crippen LogP contribution in [0.15, 0.2) is 36.4 Å². The third kappa shape index (κ3) is 6.90. The minimum atomic E-state index is -1.44. The van der Waals surface area contributed by atoms with Crippen molar-refractivity contribution >= 4 is 5.82 Å². The number of nitrogens with one attached hydrogen (secondary N) is 1. The third-order valence-corrected chi connectivity index (χ3v) is 7.78. The van der Waals surface area contributed by atoms with Crippen LogP contribution >= 0.6 is 0 Å². The summed E-state index contributed by atoms with van der Waals surface area (Å²) in [5.74, 6) is 2.66. The normalized spacial score (nSPS) is 16.5. The number of aryl methyl sites for hydroxylation is 2. The molecule has 1 saturated heterocycles. The molecule has 0 spiro atoms. The van der Waals surface area contributed by atoms with Crippen LogP contribution in [0.25, 0.3) is 0 Å². The predicted octanol–water partition coefficient (Wildman–Crippen LogP) is 3.72. The zero-order valence-electron chi connectivity index (χ0n) is 22.9. The van der Waals surface area contributed by atoms with Gasteiger partial charge in [-0.15, -0.1) is 0 Å². The molecule has 210 valence electrons. The van der Waals surface area contributed by atoms with Gasteiger partial charge in [-0.05, 0) is 72.8 Å². The summed E-state index contributed by atoms with van der Waals surface area (Å²) in [7, 11) is 3.52. The summed E-state index contributed by atoms with van der Waals surface area (Å²) in [4.78, 5) is 4.75. The maximum atomic E-state index is 9.94. The van der Waals surface area contributed by atoms with Gasteiger partial charge in [-0.1, -0.05) is 18.2 Å². The van der Waals surface area contributed by atoms with Crippen molar-refractivity contribution in [1.29, 1.82) is 0 Å². The van der Waals surface area contributed by atoms with Crippen molar-refractivity contribution in [2.75, 3.05) is 38.8 Å². The number of hydrogen-bond acceptors (Lipinski definition) is 8. The molecule has 3 N–H and O–H groups in total. The van der Waals surface area contributed by atoms with Gasteiger partial charge < -0.3 is 29.7 Å². The quantitative estimate of drug-likeness (QED) is 0.318. The first kappa shape index (κ1) is 27.4. The van der Waals surface area contributed by atoms with Crippen LogP contribution in [-0.2, 0) is 31.0 Å². The van der Waals surface area contributed by atoms with E-state index in [1.165, 1.54) is 11.1 Å². The number of aliphatic hydroxyl groups excluding tert-OH is 1. The number of anilines is 1. The first-order valence-electron chi connectivity index (χ1n) is 14.0. The Hall–Kier alpha value is -3.14. The Kier molecular flexibility index (Phi) is 9.01. The van der Waals surface area contributed by atoms with E-state index >= 15 is 0 Å². The van der Waals surface area contributed by atoms with E-state index < -0.39 is 6.29 Å². The fraction of sp³-hybridized carbons (Fsp3) is 0.533. The first-order valence-corrected chi connectivity index (χ1v) is 14.0. The van der Waals surface area contributed by atoms with E-state index in [-0.39, 0.29) is 12.3 Å². The van der Waals surface area contributed by atoms with Crippen LogP contribution in [0.3, 0.4) is 0 Å². The number of pyridine rings is 1. The fourth-order valence-corrected chi connectivity index (χ4v) is 5.69. The largest absolute Gasteiger partial charge is 0.496 e. The van der Waals surface area contributed by atoms with Crippen molar-refractivity contribution in [3.8, 4) is 11.6 Å². The molecule has 2 aliphatic rings. The molecule has 3 aromatic rings. The monoisotopic (exact) mass is 536 g/mol. The van der Waals surface area contributed by atoms with Gasteiger partial charge in [0.1, 0.15) is 11.6 Å². The molecule has 0 aliphatic carbocycles. The second kappa shape index (κ2) is 12.8. The first-order chi connectivity index (χ1) is 19.0. The van der Waals surface area contributed by atoms with Crippen LogP contribution in [0.4, 0.5) is 5.82 Å². The van der Waals surface area contributed by atoms with Crippen molar-refractivity contribution in [3.05, 3.63) is 64.5 Å². The lowest BCUT2D eigenvalue weighted by molar-refractivity contribution is -0.0499. The Labute approximate surface area is 230 Å². The average Bonchev–Trinajstić information content (AvgIpc) is 3.30. The maximum Gasteiger partial charge on any atom is 0.211 e. The van der Waals surface area contributed by atoms with E-state index in [1.54, 1.807) is 11.8 Å². The molecule has 9 nitrogen and oxygen atoms in total. The smallest absolute Gasteiger partial charge is 0.211 e. The fourth-order valence-electron chi connectivity index (χ4n) is 5.69. The van der Waals surface area contributed by atoms with E-state index in [0.717, 1.165) is 74.0 Å². The molecule has 0 radical (unpaired) electrons. The lowest BCUT2D eigenvalue weighted by atomic mass is 9.85. The van der Waals surface area contributed by atoms with Gasteiger partial charge in [0.25, 0.3) is 0 Å². The summed E-state index contributed by atoms with van der Waals surface area (Å²) < 4.78 is 19.1. The summed E-state index contributed by atoms with van der Waals surface area (Å²) in [5.41, 5.74) is 5.31. The molecular formula is C30H40N4O5. The molecule has 1 aromatic carbocycles. The molecule has 4 heterocycles. The summed E-state index contributed by atoms with van der Waals surface area (Å²) in [5, 5.41) is 27.9. The molecule has 5 rings (SSSR count). The Morgan fingerprint density at radius 1 is 1.13 bits per heavy atom. The van der Waals surface area contributed by atoms with Crippen molar-refractivity contribution in [2.24, 2.45) is 7.05 Å². The number of ether oxygens (including phenoxy) is 3. The standard InChI is InChI=1S/C30H40N4O5/c1-34-28(39-15-11-24-7-5-21-4-3-12-31-30(21)32-24)19-25(33-34)16-23(18-29(35)36)26-17-22(6-8-27(26)37-2)20-9-13-38-14-10-20/h5-8,17,19-20,23,29,35-36H,3-4,9-16,18H2,1-2H3,(H,31,32). The Morgan fingerprint density at radius 2 is 1.97 bits per heavy atom. The number of hydrogen-bond donors (Lipinski definition) is 3. The summed E-state index contributed by atoms with van der Waals surface area (Å²) in [6.45, 7) is 2.99. The van der Waals surface area contributed by atoms with Gasteiger partial charge in [-0.2, -0.15) is 5.10 Å². The van der Waals surface area contributed by atoms with Crippen molar-refractivity contribution in [1.82, 2.24) is 14.8 Å². The van der Waals surface area contributed by atoms with Crippen LogP contribution in [0, 0.1) is 0 Å². The van der Waals surface area contributed by atoms with Crippen LogP contribution in [-0.4, -0.2) is 64.7 Å². The molecule has 9 heteroatoms. The molecule has 1 fully saturated rings. The Bertz CT molecular complexity index is 1240. The van der Waals surface area contributed by atoms with Gasteiger partial charge in [0.15, 0.2) is 6.29 Å². The molecular weight excluding hydrogens is 496 g/mol. The highest BCUT2D eigenvalue weighted by Gasteiger charge is 2.24. The molecule has 0 saturated carbocycles. The summed E-state index contributed by atoms with van der Waals surface area (Å²) in [6, 6.07) is 12.5. The van der Waals surface area contributed by atoms with E-state index in [9.17, 15) is 10.2 Å². The van der Waals surface area contributed by atoms with Gasteiger partial charge in [0.2, 0.25) is 5.88 Å². The minimum absolute atomic E-state index is 0.179. The molecule has 0 bridgehead atoms. The second-order valence-electron chi connectivity index (χ2n) is 10.5. The highest BCUT2D eigenvalue weighted by atomic mass is 16.5. The molecule has 39 heavy (non-hydrogen) atoms. The third-order valence-electron chi connectivity index (χ3n) is 7.78. The van der Waals surface area contributed by atoms with E-state index in [0.29, 0.717) is 31.2 Å². The van der Waals surface area contributed by atoms with Crippen LogP contribution in [0.2, 0.25) is 0 Å². The van der Waals surface area contributed by atoms with Crippen molar-refractivity contribution < 1.29 is 24.4 Å². The van der Waals surface area contributed by atoms with Gasteiger partial charge in [-0.3, -0.25) is 0 Å². The average molecular weight is 537 g/mol. The molecule has 0 amide bonds. The van der Waals surface area contributed by atoms with Crippen LogP contribution < -0.4 is 14.8 Å². The summed E-state index contributed by atoms with van der Waals surface area (Å²) in [6.07, 6.45) is 4.15. The van der Waals surface area contributed by atoms with Gasteiger partial charge in [0, 0.05) is 51.4 Å². The van der Waals surface area contributed by atoms with Gasteiger partial charge in [-0.25, -0.2) is 9.67 Å². The summed E-state index contributed by atoms with van der Waals surface area (Å²) >= 11 is 0. The molecule has 2 aromatic heterocycles.